The van der Waals surface area contributed by atoms with Gasteiger partial charge in [0.25, 0.3) is 5.91 Å². The van der Waals surface area contributed by atoms with Gasteiger partial charge in [0.05, 0.1) is 13.2 Å². The zero-order chi connectivity index (χ0) is 18.0. The molecular formula is C20H19NO4. The minimum absolute atomic E-state index is 0.0165. The summed E-state index contributed by atoms with van der Waals surface area (Å²) in [5.41, 5.74) is 1.69. The Hall–Kier alpha value is -3.08. The number of para-hydroxylation sites is 1. The van der Waals surface area contributed by atoms with E-state index in [0.29, 0.717) is 16.7 Å². The highest BCUT2D eigenvalue weighted by molar-refractivity contribution is 5.96. The molecule has 0 spiro atoms. The second-order valence-electron chi connectivity index (χ2n) is 5.93. The van der Waals surface area contributed by atoms with Crippen molar-refractivity contribution in [3.05, 3.63) is 75.6 Å². The Bertz CT molecular complexity index is 990. The van der Waals surface area contributed by atoms with Crippen LogP contribution in [0.5, 0.6) is 5.75 Å². The van der Waals surface area contributed by atoms with Crippen molar-refractivity contribution in [2.75, 3.05) is 7.11 Å². The molecule has 1 N–H and O–H groups in total. The van der Waals surface area contributed by atoms with Crippen LogP contribution in [0.3, 0.4) is 0 Å². The fraction of sp³-hybridized carbons (Fsp3) is 0.200. The van der Waals surface area contributed by atoms with Gasteiger partial charge in [-0.15, -0.1) is 0 Å². The molecule has 1 aromatic heterocycles. The lowest BCUT2D eigenvalue weighted by molar-refractivity contribution is 0.0936. The zero-order valence-corrected chi connectivity index (χ0v) is 14.3. The lowest BCUT2D eigenvalue weighted by Gasteiger charge is -2.18. The molecule has 1 amide bonds. The molecule has 0 aliphatic heterocycles. The number of carbonyl (C=O) groups excluding carboxylic acids is 1. The van der Waals surface area contributed by atoms with Gasteiger partial charge in [0.15, 0.2) is 0 Å². The third kappa shape index (κ3) is 3.40. The van der Waals surface area contributed by atoms with E-state index in [4.69, 9.17) is 9.15 Å². The SMILES string of the molecule is COc1ccc(C)cc1[C@@H](C)NC(=O)c1cc2ccccc2oc1=O. The van der Waals surface area contributed by atoms with E-state index in [1.165, 1.54) is 0 Å². The number of rotatable bonds is 4. The van der Waals surface area contributed by atoms with Gasteiger partial charge in [-0.05, 0) is 32.0 Å². The lowest BCUT2D eigenvalue weighted by atomic mass is 10.0. The number of methoxy groups -OCH3 is 1. The first-order chi connectivity index (χ1) is 12.0. The Morgan fingerprint density at radius 3 is 2.68 bits per heavy atom. The molecule has 1 heterocycles. The molecule has 0 radical (unpaired) electrons. The van der Waals surface area contributed by atoms with E-state index in [0.717, 1.165) is 11.1 Å². The van der Waals surface area contributed by atoms with Crippen molar-refractivity contribution in [3.8, 4) is 5.75 Å². The number of nitrogens with one attached hydrogen (secondary N) is 1. The summed E-state index contributed by atoms with van der Waals surface area (Å²) in [5.74, 6) is 0.208. The van der Waals surface area contributed by atoms with Gasteiger partial charge >= 0.3 is 5.63 Å². The van der Waals surface area contributed by atoms with Gasteiger partial charge in [-0.25, -0.2) is 4.79 Å². The second kappa shape index (κ2) is 6.81. The molecule has 0 aliphatic carbocycles. The number of ether oxygens (including phenoxy) is 1. The van der Waals surface area contributed by atoms with E-state index < -0.39 is 11.5 Å². The molecule has 3 rings (SSSR count). The number of hydrogen-bond donors (Lipinski definition) is 1. The first kappa shape index (κ1) is 16.8. The number of amides is 1. The molecule has 1 atom stereocenters. The van der Waals surface area contributed by atoms with Crippen LogP contribution in [0.15, 0.2) is 57.7 Å². The van der Waals surface area contributed by atoms with Crippen LogP contribution in [0.2, 0.25) is 0 Å². The summed E-state index contributed by atoms with van der Waals surface area (Å²) in [7, 11) is 1.58. The maximum Gasteiger partial charge on any atom is 0.349 e. The standard InChI is InChI=1S/C20H19NO4/c1-12-8-9-18(24-3)15(10-12)13(2)21-19(22)16-11-14-6-4-5-7-17(14)25-20(16)23/h4-11,13H,1-3H3,(H,21,22)/t13-/m1/s1. The van der Waals surface area contributed by atoms with Crippen LogP contribution in [-0.4, -0.2) is 13.0 Å². The summed E-state index contributed by atoms with van der Waals surface area (Å²) in [6.45, 7) is 3.81. The minimum atomic E-state index is -0.653. The average Bonchev–Trinajstić information content (AvgIpc) is 2.60. The Morgan fingerprint density at radius 1 is 1.16 bits per heavy atom. The smallest absolute Gasteiger partial charge is 0.349 e. The highest BCUT2D eigenvalue weighted by Gasteiger charge is 2.18. The van der Waals surface area contributed by atoms with Crippen LogP contribution in [0.1, 0.15) is 34.5 Å². The molecule has 0 fully saturated rings. The van der Waals surface area contributed by atoms with E-state index in [1.54, 1.807) is 31.4 Å². The molecule has 5 nitrogen and oxygen atoms in total. The van der Waals surface area contributed by atoms with Crippen molar-refractivity contribution in [3.63, 3.8) is 0 Å². The molecule has 128 valence electrons. The predicted molar refractivity (Wildman–Crippen MR) is 96.1 cm³/mol. The zero-order valence-electron chi connectivity index (χ0n) is 14.3. The molecule has 3 aromatic rings. The lowest BCUT2D eigenvalue weighted by Crippen LogP contribution is -2.30. The van der Waals surface area contributed by atoms with Crippen molar-refractivity contribution in [1.82, 2.24) is 5.32 Å². The van der Waals surface area contributed by atoms with E-state index in [2.05, 4.69) is 5.32 Å². The van der Waals surface area contributed by atoms with Crippen molar-refractivity contribution < 1.29 is 13.9 Å². The van der Waals surface area contributed by atoms with Gasteiger partial charge in [0.2, 0.25) is 0 Å². The molecular weight excluding hydrogens is 318 g/mol. The summed E-state index contributed by atoms with van der Waals surface area (Å²) >= 11 is 0. The van der Waals surface area contributed by atoms with Gasteiger partial charge in [-0.1, -0.05) is 35.9 Å². The van der Waals surface area contributed by atoms with Crippen LogP contribution in [0.25, 0.3) is 11.0 Å². The van der Waals surface area contributed by atoms with E-state index in [9.17, 15) is 9.59 Å². The normalized spacial score (nSPS) is 12.0. The van der Waals surface area contributed by atoms with Crippen LogP contribution < -0.4 is 15.7 Å². The number of benzene rings is 2. The van der Waals surface area contributed by atoms with Gasteiger partial charge in [-0.3, -0.25) is 4.79 Å². The van der Waals surface area contributed by atoms with Crippen molar-refractivity contribution in [2.45, 2.75) is 19.9 Å². The Labute approximate surface area is 145 Å². The molecule has 0 saturated heterocycles. The molecule has 0 unspecified atom stereocenters. The van der Waals surface area contributed by atoms with Gasteiger partial charge in [0.1, 0.15) is 16.9 Å². The molecule has 0 aliphatic rings. The Kier molecular flexibility index (Phi) is 4.57. The molecule has 0 saturated carbocycles. The minimum Gasteiger partial charge on any atom is -0.496 e. The number of aryl methyl sites for hydroxylation is 1. The van der Waals surface area contributed by atoms with Crippen LogP contribution in [0.4, 0.5) is 0 Å². The first-order valence-electron chi connectivity index (χ1n) is 7.98. The van der Waals surface area contributed by atoms with Gasteiger partial charge in [0, 0.05) is 10.9 Å². The Balaban J connectivity index is 1.91. The summed E-state index contributed by atoms with van der Waals surface area (Å²) in [5, 5.41) is 3.54. The van der Waals surface area contributed by atoms with Crippen LogP contribution in [0, 0.1) is 6.92 Å². The van der Waals surface area contributed by atoms with Crippen molar-refractivity contribution in [1.29, 1.82) is 0 Å². The van der Waals surface area contributed by atoms with Gasteiger partial charge < -0.3 is 14.5 Å². The first-order valence-corrected chi connectivity index (χ1v) is 7.98. The highest BCUT2D eigenvalue weighted by Crippen LogP contribution is 2.26. The number of carbonyl (C=O) groups is 1. The predicted octanol–water partition coefficient (Wildman–Crippen LogP) is 3.60. The summed E-state index contributed by atoms with van der Waals surface area (Å²) < 4.78 is 10.6. The molecule has 0 bridgehead atoms. The van der Waals surface area contributed by atoms with Crippen LogP contribution in [-0.2, 0) is 0 Å². The fourth-order valence-corrected chi connectivity index (χ4v) is 2.76. The highest BCUT2D eigenvalue weighted by atomic mass is 16.5. The monoisotopic (exact) mass is 337 g/mol. The fourth-order valence-electron chi connectivity index (χ4n) is 2.76. The summed E-state index contributed by atoms with van der Waals surface area (Å²) in [4.78, 5) is 24.7. The molecule has 5 heteroatoms. The molecule has 25 heavy (non-hydrogen) atoms. The largest absolute Gasteiger partial charge is 0.496 e. The topological polar surface area (TPSA) is 68.5 Å². The average molecular weight is 337 g/mol. The number of hydrogen-bond acceptors (Lipinski definition) is 4. The molecule has 2 aromatic carbocycles. The quantitative estimate of drug-likeness (QED) is 0.739. The van der Waals surface area contributed by atoms with E-state index >= 15 is 0 Å². The number of fused-ring (bicyclic) bond motifs is 1. The Morgan fingerprint density at radius 2 is 1.92 bits per heavy atom. The van der Waals surface area contributed by atoms with Gasteiger partial charge in [-0.2, -0.15) is 0 Å². The third-order valence-electron chi connectivity index (χ3n) is 4.09. The van der Waals surface area contributed by atoms with Crippen molar-refractivity contribution >= 4 is 16.9 Å². The summed E-state index contributed by atoms with van der Waals surface area (Å²) in [6, 6.07) is 14.1. The van der Waals surface area contributed by atoms with E-state index in [1.807, 2.05) is 38.1 Å². The second-order valence-corrected chi connectivity index (χ2v) is 5.93. The maximum atomic E-state index is 12.6. The van der Waals surface area contributed by atoms with E-state index in [-0.39, 0.29) is 11.6 Å². The van der Waals surface area contributed by atoms with Crippen LogP contribution >= 0.6 is 0 Å². The third-order valence-corrected chi connectivity index (χ3v) is 4.09. The summed E-state index contributed by atoms with van der Waals surface area (Å²) in [6.07, 6.45) is 0. The maximum absolute atomic E-state index is 12.6. The van der Waals surface area contributed by atoms with Crippen molar-refractivity contribution in [2.24, 2.45) is 0 Å².